The first-order valence-electron chi connectivity index (χ1n) is 4.20. The highest BCUT2D eigenvalue weighted by atomic mass is 16.3. The zero-order valence-corrected chi connectivity index (χ0v) is 7.51. The Bertz CT molecular complexity index is 310. The molecule has 0 aliphatic carbocycles. The van der Waals surface area contributed by atoms with Gasteiger partial charge in [-0.25, -0.2) is 0 Å². The van der Waals surface area contributed by atoms with Crippen molar-refractivity contribution >= 4 is 12.2 Å². The van der Waals surface area contributed by atoms with Crippen molar-refractivity contribution in [1.82, 2.24) is 5.32 Å². The van der Waals surface area contributed by atoms with Crippen LogP contribution in [0.15, 0.2) is 30.3 Å². The van der Waals surface area contributed by atoms with Crippen molar-refractivity contribution in [1.29, 1.82) is 0 Å². The second-order valence-corrected chi connectivity index (χ2v) is 2.76. The van der Waals surface area contributed by atoms with Gasteiger partial charge in [-0.3, -0.25) is 4.79 Å². The molecular weight excluding hydrogens is 182 g/mol. The number of nitrogens with one attached hydrogen (secondary N) is 1. The molecule has 0 bridgehead atoms. The van der Waals surface area contributed by atoms with Crippen LogP contribution in [0.25, 0.3) is 0 Å². The van der Waals surface area contributed by atoms with E-state index in [1.807, 2.05) is 0 Å². The molecule has 0 spiro atoms. The van der Waals surface area contributed by atoms with Crippen molar-refractivity contribution in [3.8, 4) is 0 Å². The quantitative estimate of drug-likeness (QED) is 0.660. The van der Waals surface area contributed by atoms with Crippen molar-refractivity contribution in [2.75, 3.05) is 6.61 Å². The fourth-order valence-corrected chi connectivity index (χ4v) is 0.964. The number of rotatable bonds is 4. The lowest BCUT2D eigenvalue weighted by molar-refractivity contribution is -0.110. The number of aliphatic hydroxyl groups excluding tert-OH is 1. The van der Waals surface area contributed by atoms with Crippen LogP contribution in [-0.4, -0.2) is 29.9 Å². The molecular formula is C10H11NO3. The molecule has 4 heteroatoms. The van der Waals surface area contributed by atoms with E-state index in [2.05, 4.69) is 5.32 Å². The largest absolute Gasteiger partial charge is 0.394 e. The Labute approximate surface area is 81.6 Å². The lowest BCUT2D eigenvalue weighted by atomic mass is 10.2. The number of benzene rings is 1. The minimum atomic E-state index is -0.831. The Morgan fingerprint density at radius 1 is 1.43 bits per heavy atom. The van der Waals surface area contributed by atoms with Crippen LogP contribution < -0.4 is 5.32 Å². The number of carbonyl (C=O) groups excluding carboxylic acids is 2. The van der Waals surface area contributed by atoms with Gasteiger partial charge in [0, 0.05) is 5.56 Å². The molecule has 0 fully saturated rings. The Kier molecular flexibility index (Phi) is 3.82. The third-order valence-corrected chi connectivity index (χ3v) is 1.71. The average molecular weight is 193 g/mol. The molecule has 1 aromatic carbocycles. The van der Waals surface area contributed by atoms with Crippen LogP contribution in [0.4, 0.5) is 0 Å². The molecule has 1 amide bonds. The monoisotopic (exact) mass is 193 g/mol. The molecule has 14 heavy (non-hydrogen) atoms. The molecule has 4 nitrogen and oxygen atoms in total. The Hall–Kier alpha value is -1.68. The van der Waals surface area contributed by atoms with E-state index in [9.17, 15) is 9.59 Å². The molecule has 0 aliphatic rings. The van der Waals surface area contributed by atoms with E-state index < -0.39 is 6.04 Å². The van der Waals surface area contributed by atoms with Gasteiger partial charge in [-0.1, -0.05) is 18.2 Å². The van der Waals surface area contributed by atoms with E-state index in [4.69, 9.17) is 5.11 Å². The van der Waals surface area contributed by atoms with Gasteiger partial charge in [0.15, 0.2) is 0 Å². The maximum atomic E-state index is 11.4. The van der Waals surface area contributed by atoms with E-state index in [1.54, 1.807) is 30.3 Å². The van der Waals surface area contributed by atoms with Gasteiger partial charge in [0.1, 0.15) is 12.3 Å². The van der Waals surface area contributed by atoms with Crippen LogP contribution in [0.3, 0.4) is 0 Å². The maximum absolute atomic E-state index is 11.4. The van der Waals surface area contributed by atoms with Crippen LogP contribution in [-0.2, 0) is 4.79 Å². The number of aliphatic hydroxyl groups is 1. The van der Waals surface area contributed by atoms with Crippen LogP contribution >= 0.6 is 0 Å². The summed E-state index contributed by atoms with van der Waals surface area (Å²) in [6.45, 7) is -0.387. The molecule has 0 radical (unpaired) electrons. The predicted molar refractivity (Wildman–Crippen MR) is 50.8 cm³/mol. The van der Waals surface area contributed by atoms with Gasteiger partial charge in [-0.15, -0.1) is 0 Å². The van der Waals surface area contributed by atoms with Gasteiger partial charge < -0.3 is 15.2 Å². The van der Waals surface area contributed by atoms with E-state index in [0.717, 1.165) is 0 Å². The third-order valence-electron chi connectivity index (χ3n) is 1.71. The van der Waals surface area contributed by atoms with Gasteiger partial charge in [-0.2, -0.15) is 0 Å². The Balaban J connectivity index is 2.63. The highest BCUT2D eigenvalue weighted by molar-refractivity contribution is 5.95. The number of hydrogen-bond donors (Lipinski definition) is 2. The summed E-state index contributed by atoms with van der Waals surface area (Å²) in [5.74, 6) is -0.364. The fraction of sp³-hybridized carbons (Fsp3) is 0.200. The van der Waals surface area contributed by atoms with Crippen LogP contribution in [0.2, 0.25) is 0 Å². The molecule has 0 saturated heterocycles. The molecule has 0 saturated carbocycles. The number of aldehydes is 1. The highest BCUT2D eigenvalue weighted by Gasteiger charge is 2.10. The Morgan fingerprint density at radius 2 is 2.07 bits per heavy atom. The zero-order valence-electron chi connectivity index (χ0n) is 7.51. The van der Waals surface area contributed by atoms with Gasteiger partial charge >= 0.3 is 0 Å². The summed E-state index contributed by atoms with van der Waals surface area (Å²) in [6.07, 6.45) is 0.501. The molecule has 1 atom stereocenters. The summed E-state index contributed by atoms with van der Waals surface area (Å²) < 4.78 is 0. The minimum Gasteiger partial charge on any atom is -0.394 e. The van der Waals surface area contributed by atoms with E-state index in [1.165, 1.54) is 0 Å². The summed E-state index contributed by atoms with van der Waals surface area (Å²) in [6, 6.07) is 7.68. The molecule has 0 unspecified atom stereocenters. The van der Waals surface area contributed by atoms with E-state index in [-0.39, 0.29) is 12.5 Å². The van der Waals surface area contributed by atoms with Crippen molar-refractivity contribution < 1.29 is 14.7 Å². The van der Waals surface area contributed by atoms with Gasteiger partial charge in [0.2, 0.25) is 0 Å². The number of amides is 1. The topological polar surface area (TPSA) is 66.4 Å². The van der Waals surface area contributed by atoms with Crippen molar-refractivity contribution in [2.45, 2.75) is 6.04 Å². The fourth-order valence-electron chi connectivity index (χ4n) is 0.964. The number of carbonyl (C=O) groups is 2. The van der Waals surface area contributed by atoms with Gasteiger partial charge in [0.25, 0.3) is 5.91 Å². The van der Waals surface area contributed by atoms with E-state index >= 15 is 0 Å². The lowest BCUT2D eigenvalue weighted by Crippen LogP contribution is -2.38. The molecule has 74 valence electrons. The second kappa shape index (κ2) is 5.14. The van der Waals surface area contributed by atoms with Crippen LogP contribution in [0, 0.1) is 0 Å². The minimum absolute atomic E-state index is 0.364. The standard InChI is InChI=1S/C10H11NO3/c12-6-9(7-13)11-10(14)8-4-2-1-3-5-8/h1-6,9,13H,7H2,(H,11,14)/t9-/m1/s1. The molecule has 1 rings (SSSR count). The summed E-state index contributed by atoms with van der Waals surface area (Å²) in [5.41, 5.74) is 0.466. The van der Waals surface area contributed by atoms with Gasteiger partial charge in [-0.05, 0) is 12.1 Å². The van der Waals surface area contributed by atoms with Crippen molar-refractivity contribution in [2.24, 2.45) is 0 Å². The first kappa shape index (κ1) is 10.4. The predicted octanol–water partition coefficient (Wildman–Crippen LogP) is -0.0238. The molecule has 1 aromatic rings. The molecule has 0 aromatic heterocycles. The van der Waals surface area contributed by atoms with Gasteiger partial charge in [0.05, 0.1) is 6.61 Å². The number of hydrogen-bond acceptors (Lipinski definition) is 3. The van der Waals surface area contributed by atoms with Crippen molar-refractivity contribution in [3.63, 3.8) is 0 Å². The molecule has 0 heterocycles. The molecule has 0 aliphatic heterocycles. The van der Waals surface area contributed by atoms with E-state index in [0.29, 0.717) is 11.8 Å². The molecule has 2 N–H and O–H groups in total. The van der Waals surface area contributed by atoms with Crippen LogP contribution in [0.1, 0.15) is 10.4 Å². The maximum Gasteiger partial charge on any atom is 0.251 e. The highest BCUT2D eigenvalue weighted by Crippen LogP contribution is 1.97. The first-order chi connectivity index (χ1) is 6.77. The van der Waals surface area contributed by atoms with Crippen LogP contribution in [0.5, 0.6) is 0 Å². The summed E-state index contributed by atoms with van der Waals surface area (Å²) >= 11 is 0. The Morgan fingerprint density at radius 3 is 2.57 bits per heavy atom. The summed E-state index contributed by atoms with van der Waals surface area (Å²) in [4.78, 5) is 21.7. The normalized spacial score (nSPS) is 11.8. The SMILES string of the molecule is O=C[C@H](CO)NC(=O)c1ccccc1. The average Bonchev–Trinajstić information content (AvgIpc) is 2.26. The second-order valence-electron chi connectivity index (χ2n) is 2.76. The third kappa shape index (κ3) is 2.67. The smallest absolute Gasteiger partial charge is 0.251 e. The lowest BCUT2D eigenvalue weighted by Gasteiger charge is -2.08. The zero-order chi connectivity index (χ0) is 10.4. The summed E-state index contributed by atoms with van der Waals surface area (Å²) in [5, 5.41) is 11.1. The first-order valence-corrected chi connectivity index (χ1v) is 4.20. The van der Waals surface area contributed by atoms with Crippen molar-refractivity contribution in [3.05, 3.63) is 35.9 Å². The summed E-state index contributed by atoms with van der Waals surface area (Å²) in [7, 11) is 0.